The highest BCUT2D eigenvalue weighted by Crippen LogP contribution is 2.28. The first kappa shape index (κ1) is 12.4. The molecule has 0 radical (unpaired) electrons. The number of hydrogen-bond acceptors (Lipinski definition) is 4. The molecule has 0 aromatic carbocycles. The van der Waals surface area contributed by atoms with Crippen molar-refractivity contribution < 1.29 is 14.6 Å². The quantitative estimate of drug-likeness (QED) is 0.811. The number of carbonyl (C=O) groups is 1. The second-order valence-corrected chi connectivity index (χ2v) is 5.36. The number of aromatic nitrogens is 2. The molecule has 1 unspecified atom stereocenters. The fourth-order valence-electron chi connectivity index (χ4n) is 2.00. The summed E-state index contributed by atoms with van der Waals surface area (Å²) in [5.41, 5.74) is -0.140. The van der Waals surface area contributed by atoms with Crippen molar-refractivity contribution in [2.24, 2.45) is 0 Å². The van der Waals surface area contributed by atoms with Gasteiger partial charge < -0.3 is 14.4 Å². The smallest absolute Gasteiger partial charge is 0.313 e. The molecule has 1 aromatic heterocycles. The highest BCUT2D eigenvalue weighted by molar-refractivity contribution is 7.99. The van der Waals surface area contributed by atoms with Gasteiger partial charge in [-0.3, -0.25) is 4.79 Å². The van der Waals surface area contributed by atoms with Gasteiger partial charge in [0.05, 0.1) is 17.9 Å². The number of carboxylic acids is 1. The topological polar surface area (TPSA) is 64.4 Å². The average molecular weight is 256 g/mol. The molecule has 1 aliphatic heterocycles. The van der Waals surface area contributed by atoms with Gasteiger partial charge in [0, 0.05) is 19.0 Å². The van der Waals surface area contributed by atoms with Crippen LogP contribution in [0.4, 0.5) is 0 Å². The lowest BCUT2D eigenvalue weighted by Crippen LogP contribution is -2.29. The van der Waals surface area contributed by atoms with Crippen LogP contribution in [0.15, 0.2) is 17.6 Å². The molecule has 1 aliphatic rings. The molecule has 0 saturated carbocycles. The number of thioether (sulfide) groups is 1. The Labute approximate surface area is 104 Å². The summed E-state index contributed by atoms with van der Waals surface area (Å²) in [5, 5.41) is 9.40. The third-order valence-electron chi connectivity index (χ3n) is 2.81. The molecular weight excluding hydrogens is 240 g/mol. The molecule has 0 spiro atoms. The lowest BCUT2D eigenvalue weighted by atomic mass is 10.0. The summed E-state index contributed by atoms with van der Waals surface area (Å²) in [6.45, 7) is 3.63. The minimum Gasteiger partial charge on any atom is -0.481 e. The van der Waals surface area contributed by atoms with E-state index in [4.69, 9.17) is 9.84 Å². The SMILES string of the molecule is CC1(Cn2ccnc2SCC(=O)O)CCCO1. The molecule has 2 heterocycles. The highest BCUT2D eigenvalue weighted by atomic mass is 32.2. The fourth-order valence-corrected chi connectivity index (χ4v) is 2.68. The first-order valence-electron chi connectivity index (χ1n) is 5.59. The van der Waals surface area contributed by atoms with Gasteiger partial charge in [0.15, 0.2) is 5.16 Å². The second-order valence-electron chi connectivity index (χ2n) is 4.42. The zero-order valence-corrected chi connectivity index (χ0v) is 10.6. The molecule has 1 fully saturated rings. The zero-order chi connectivity index (χ0) is 12.3. The first-order chi connectivity index (χ1) is 8.09. The van der Waals surface area contributed by atoms with Crippen molar-refractivity contribution >= 4 is 17.7 Å². The minimum atomic E-state index is -0.826. The number of rotatable bonds is 5. The number of ether oxygens (including phenoxy) is 1. The van der Waals surface area contributed by atoms with E-state index in [9.17, 15) is 4.79 Å². The van der Waals surface area contributed by atoms with Gasteiger partial charge in [-0.05, 0) is 19.8 Å². The van der Waals surface area contributed by atoms with Gasteiger partial charge in [-0.25, -0.2) is 4.98 Å². The monoisotopic (exact) mass is 256 g/mol. The van der Waals surface area contributed by atoms with E-state index < -0.39 is 5.97 Å². The van der Waals surface area contributed by atoms with Crippen molar-refractivity contribution in [2.45, 2.75) is 37.1 Å². The molecule has 2 rings (SSSR count). The van der Waals surface area contributed by atoms with E-state index in [1.54, 1.807) is 6.20 Å². The molecule has 94 valence electrons. The van der Waals surface area contributed by atoms with Gasteiger partial charge in [-0.2, -0.15) is 0 Å². The maximum Gasteiger partial charge on any atom is 0.313 e. The molecule has 1 saturated heterocycles. The molecule has 5 nitrogen and oxygen atoms in total. The van der Waals surface area contributed by atoms with Crippen molar-refractivity contribution in [1.82, 2.24) is 9.55 Å². The fraction of sp³-hybridized carbons (Fsp3) is 0.636. The third kappa shape index (κ3) is 3.23. The Morgan fingerprint density at radius 2 is 2.59 bits per heavy atom. The van der Waals surface area contributed by atoms with Crippen LogP contribution < -0.4 is 0 Å². The molecule has 6 heteroatoms. The standard InChI is InChI=1S/C11H16N2O3S/c1-11(3-2-6-16-11)8-13-5-4-12-10(13)17-7-9(14)15/h4-5H,2-3,6-8H2,1H3,(H,14,15). The summed E-state index contributed by atoms with van der Waals surface area (Å²) in [5.74, 6) is -0.790. The lowest BCUT2D eigenvalue weighted by Gasteiger charge is -2.24. The van der Waals surface area contributed by atoms with Crippen LogP contribution in [0.5, 0.6) is 0 Å². The van der Waals surface area contributed by atoms with Crippen LogP contribution in [0.25, 0.3) is 0 Å². The average Bonchev–Trinajstić information content (AvgIpc) is 2.85. The van der Waals surface area contributed by atoms with Crippen molar-refractivity contribution in [1.29, 1.82) is 0 Å². The predicted octanol–water partition coefficient (Wildman–Crippen LogP) is 1.63. The number of aliphatic carboxylic acids is 1. The molecular formula is C11H16N2O3S. The first-order valence-corrected chi connectivity index (χ1v) is 6.57. The summed E-state index contributed by atoms with van der Waals surface area (Å²) in [7, 11) is 0. The van der Waals surface area contributed by atoms with Crippen LogP contribution in [-0.4, -0.2) is 38.6 Å². The summed E-state index contributed by atoms with van der Waals surface area (Å²) in [4.78, 5) is 14.7. The van der Waals surface area contributed by atoms with Gasteiger partial charge in [0.1, 0.15) is 0 Å². The minimum absolute atomic E-state index is 0.0363. The number of hydrogen-bond donors (Lipinski definition) is 1. The molecule has 0 bridgehead atoms. The van der Waals surface area contributed by atoms with E-state index >= 15 is 0 Å². The van der Waals surface area contributed by atoms with E-state index in [0.29, 0.717) is 0 Å². The number of carboxylic acid groups (broad SMARTS) is 1. The van der Waals surface area contributed by atoms with Crippen LogP contribution in [0, 0.1) is 0 Å². The van der Waals surface area contributed by atoms with Gasteiger partial charge in [0.25, 0.3) is 0 Å². The van der Waals surface area contributed by atoms with Gasteiger partial charge in [0.2, 0.25) is 0 Å². The van der Waals surface area contributed by atoms with Crippen LogP contribution in [-0.2, 0) is 16.1 Å². The molecule has 1 atom stereocenters. The van der Waals surface area contributed by atoms with E-state index in [1.165, 1.54) is 11.8 Å². The lowest BCUT2D eigenvalue weighted by molar-refractivity contribution is -0.133. The Morgan fingerprint density at radius 1 is 1.76 bits per heavy atom. The highest BCUT2D eigenvalue weighted by Gasteiger charge is 2.30. The third-order valence-corrected chi connectivity index (χ3v) is 3.80. The van der Waals surface area contributed by atoms with Gasteiger partial charge in [-0.15, -0.1) is 0 Å². The van der Waals surface area contributed by atoms with Gasteiger partial charge in [-0.1, -0.05) is 11.8 Å². The Hall–Kier alpha value is -1.01. The van der Waals surface area contributed by atoms with Crippen molar-refractivity contribution in [3.05, 3.63) is 12.4 Å². The predicted molar refractivity (Wildman–Crippen MR) is 64.2 cm³/mol. The summed E-state index contributed by atoms with van der Waals surface area (Å²) in [6.07, 6.45) is 5.69. The van der Waals surface area contributed by atoms with E-state index in [1.807, 2.05) is 10.8 Å². The maximum absolute atomic E-state index is 10.5. The van der Waals surface area contributed by atoms with E-state index in [-0.39, 0.29) is 11.4 Å². The van der Waals surface area contributed by atoms with Crippen LogP contribution in [0.1, 0.15) is 19.8 Å². The summed E-state index contributed by atoms with van der Waals surface area (Å²) >= 11 is 1.24. The van der Waals surface area contributed by atoms with E-state index in [2.05, 4.69) is 11.9 Å². The number of imidazole rings is 1. The van der Waals surface area contributed by atoms with Crippen molar-refractivity contribution in [3.63, 3.8) is 0 Å². The molecule has 1 N–H and O–H groups in total. The summed E-state index contributed by atoms with van der Waals surface area (Å²) in [6, 6.07) is 0. The van der Waals surface area contributed by atoms with E-state index in [0.717, 1.165) is 31.1 Å². The molecule has 0 aliphatic carbocycles. The van der Waals surface area contributed by atoms with Crippen LogP contribution >= 0.6 is 11.8 Å². The maximum atomic E-state index is 10.5. The van der Waals surface area contributed by atoms with Crippen LogP contribution in [0.2, 0.25) is 0 Å². The Morgan fingerprint density at radius 3 is 3.24 bits per heavy atom. The molecule has 0 amide bonds. The van der Waals surface area contributed by atoms with Crippen LogP contribution in [0.3, 0.4) is 0 Å². The Kier molecular flexibility index (Phi) is 3.73. The van der Waals surface area contributed by atoms with Crippen molar-refractivity contribution in [3.8, 4) is 0 Å². The van der Waals surface area contributed by atoms with Crippen molar-refractivity contribution in [2.75, 3.05) is 12.4 Å². The zero-order valence-electron chi connectivity index (χ0n) is 9.76. The van der Waals surface area contributed by atoms with Gasteiger partial charge >= 0.3 is 5.97 Å². The number of nitrogens with zero attached hydrogens (tertiary/aromatic N) is 2. The Balaban J connectivity index is 2.00. The second kappa shape index (κ2) is 5.10. The largest absolute Gasteiger partial charge is 0.481 e. The molecule has 17 heavy (non-hydrogen) atoms. The molecule has 1 aromatic rings. The Bertz CT molecular complexity index is 399. The summed E-state index contributed by atoms with van der Waals surface area (Å²) < 4.78 is 7.69. The normalized spacial score (nSPS) is 24.1.